The third kappa shape index (κ3) is 4.81. The average molecular weight is 285 g/mol. The SMILES string of the molecule is COc1ccc(COCC(C)/C=C/Br)cc1. The Labute approximate surface area is 105 Å². The fourth-order valence-corrected chi connectivity index (χ4v) is 1.79. The normalized spacial score (nSPS) is 12.9. The van der Waals surface area contributed by atoms with Gasteiger partial charge in [0.25, 0.3) is 0 Å². The Morgan fingerprint density at radius 1 is 1.31 bits per heavy atom. The van der Waals surface area contributed by atoms with Gasteiger partial charge in [0.2, 0.25) is 0 Å². The predicted octanol–water partition coefficient (Wildman–Crippen LogP) is 3.76. The smallest absolute Gasteiger partial charge is 0.118 e. The molecule has 0 bridgehead atoms. The molecule has 1 atom stereocenters. The lowest BCUT2D eigenvalue weighted by Gasteiger charge is -2.08. The Kier molecular flexibility index (Phi) is 6.19. The maximum Gasteiger partial charge on any atom is 0.118 e. The van der Waals surface area contributed by atoms with E-state index in [0.29, 0.717) is 12.5 Å². The minimum Gasteiger partial charge on any atom is -0.497 e. The van der Waals surface area contributed by atoms with E-state index in [1.54, 1.807) is 7.11 Å². The zero-order valence-corrected chi connectivity index (χ0v) is 11.2. The van der Waals surface area contributed by atoms with Crippen LogP contribution in [-0.2, 0) is 11.3 Å². The molecule has 0 heterocycles. The third-order valence-corrected chi connectivity index (χ3v) is 2.52. The minimum absolute atomic E-state index is 0.428. The van der Waals surface area contributed by atoms with Crippen LogP contribution in [0.15, 0.2) is 35.3 Å². The molecule has 0 aliphatic carbocycles. The number of hydrogen-bond acceptors (Lipinski definition) is 2. The lowest BCUT2D eigenvalue weighted by Crippen LogP contribution is -2.03. The molecule has 0 aliphatic heterocycles. The first kappa shape index (κ1) is 13.3. The molecule has 0 fully saturated rings. The molecule has 1 rings (SSSR count). The summed E-state index contributed by atoms with van der Waals surface area (Å²) in [7, 11) is 1.67. The third-order valence-electron chi connectivity index (χ3n) is 2.21. The summed E-state index contributed by atoms with van der Waals surface area (Å²) in [6.45, 7) is 3.49. The van der Waals surface area contributed by atoms with Crippen LogP contribution in [0.5, 0.6) is 5.75 Å². The van der Waals surface area contributed by atoms with Crippen LogP contribution in [0.2, 0.25) is 0 Å². The Bertz CT molecular complexity index is 319. The molecule has 88 valence electrons. The highest BCUT2D eigenvalue weighted by Crippen LogP contribution is 2.12. The molecular formula is C13H17BrO2. The Morgan fingerprint density at radius 3 is 2.56 bits per heavy atom. The van der Waals surface area contributed by atoms with E-state index in [4.69, 9.17) is 9.47 Å². The van der Waals surface area contributed by atoms with Crippen molar-refractivity contribution in [2.45, 2.75) is 13.5 Å². The Balaban J connectivity index is 2.31. The van der Waals surface area contributed by atoms with Crippen LogP contribution in [0.3, 0.4) is 0 Å². The van der Waals surface area contributed by atoms with Gasteiger partial charge in [-0.3, -0.25) is 0 Å². The molecule has 0 amide bonds. The maximum atomic E-state index is 5.59. The lowest BCUT2D eigenvalue weighted by molar-refractivity contribution is 0.104. The van der Waals surface area contributed by atoms with Crippen LogP contribution in [-0.4, -0.2) is 13.7 Å². The van der Waals surface area contributed by atoms with Gasteiger partial charge in [-0.05, 0) is 28.6 Å². The highest BCUT2D eigenvalue weighted by molar-refractivity contribution is 9.11. The van der Waals surface area contributed by atoms with E-state index < -0.39 is 0 Å². The molecule has 16 heavy (non-hydrogen) atoms. The summed E-state index contributed by atoms with van der Waals surface area (Å²) in [5.41, 5.74) is 1.16. The van der Waals surface area contributed by atoms with Gasteiger partial charge in [-0.15, -0.1) is 0 Å². The van der Waals surface area contributed by atoms with Crippen molar-refractivity contribution in [3.05, 3.63) is 40.9 Å². The molecule has 0 spiro atoms. The molecule has 1 aromatic carbocycles. The van der Waals surface area contributed by atoms with Gasteiger partial charge in [0.1, 0.15) is 5.75 Å². The van der Waals surface area contributed by atoms with E-state index in [0.717, 1.165) is 17.9 Å². The van der Waals surface area contributed by atoms with Crippen LogP contribution in [0.25, 0.3) is 0 Å². The molecule has 0 aromatic heterocycles. The second kappa shape index (κ2) is 7.47. The topological polar surface area (TPSA) is 18.5 Å². The van der Waals surface area contributed by atoms with Crippen molar-refractivity contribution in [2.24, 2.45) is 5.92 Å². The molecule has 0 saturated heterocycles. The number of hydrogen-bond donors (Lipinski definition) is 0. The second-order valence-corrected chi connectivity index (χ2v) is 4.19. The summed E-state index contributed by atoms with van der Waals surface area (Å²) in [4.78, 5) is 1.87. The average Bonchev–Trinajstić information content (AvgIpc) is 2.30. The zero-order chi connectivity index (χ0) is 11.8. The summed E-state index contributed by atoms with van der Waals surface area (Å²) in [6, 6.07) is 7.93. The van der Waals surface area contributed by atoms with E-state index >= 15 is 0 Å². The van der Waals surface area contributed by atoms with Gasteiger partial charge in [-0.2, -0.15) is 0 Å². The van der Waals surface area contributed by atoms with Gasteiger partial charge < -0.3 is 9.47 Å². The lowest BCUT2D eigenvalue weighted by atomic mass is 10.2. The molecule has 1 aromatic rings. The number of halogens is 1. The minimum atomic E-state index is 0.428. The summed E-state index contributed by atoms with van der Waals surface area (Å²) < 4.78 is 10.7. The molecular weight excluding hydrogens is 268 g/mol. The molecule has 1 unspecified atom stereocenters. The molecule has 0 radical (unpaired) electrons. The first-order chi connectivity index (χ1) is 7.76. The standard InChI is InChI=1S/C13H17BrO2/c1-11(7-8-14)9-16-10-12-3-5-13(15-2)6-4-12/h3-8,11H,9-10H2,1-2H3/b8-7+. The molecule has 3 heteroatoms. The van der Waals surface area contributed by atoms with Crippen LogP contribution in [0, 0.1) is 5.92 Å². The Hall–Kier alpha value is -0.800. The van der Waals surface area contributed by atoms with E-state index in [2.05, 4.69) is 28.9 Å². The first-order valence-electron chi connectivity index (χ1n) is 5.24. The number of benzene rings is 1. The van der Waals surface area contributed by atoms with E-state index in [9.17, 15) is 0 Å². The van der Waals surface area contributed by atoms with Gasteiger partial charge in [0.15, 0.2) is 0 Å². The highest BCUT2D eigenvalue weighted by Gasteiger charge is 1.98. The van der Waals surface area contributed by atoms with Crippen molar-refractivity contribution >= 4 is 15.9 Å². The summed E-state index contributed by atoms with van der Waals surface area (Å²) >= 11 is 3.25. The van der Waals surface area contributed by atoms with Gasteiger partial charge in [0.05, 0.1) is 20.3 Å². The number of ether oxygens (including phenoxy) is 2. The largest absolute Gasteiger partial charge is 0.497 e. The van der Waals surface area contributed by atoms with Crippen LogP contribution < -0.4 is 4.74 Å². The maximum absolute atomic E-state index is 5.59. The van der Waals surface area contributed by atoms with E-state index in [-0.39, 0.29) is 0 Å². The van der Waals surface area contributed by atoms with Crippen LogP contribution in [0.4, 0.5) is 0 Å². The van der Waals surface area contributed by atoms with Crippen molar-refractivity contribution in [3.8, 4) is 5.75 Å². The summed E-state index contributed by atoms with van der Waals surface area (Å²) in [6.07, 6.45) is 2.06. The fraction of sp³-hybridized carbons (Fsp3) is 0.385. The first-order valence-corrected chi connectivity index (χ1v) is 6.15. The van der Waals surface area contributed by atoms with Crippen LogP contribution >= 0.6 is 15.9 Å². The van der Waals surface area contributed by atoms with Crippen molar-refractivity contribution in [3.63, 3.8) is 0 Å². The van der Waals surface area contributed by atoms with Crippen LogP contribution in [0.1, 0.15) is 12.5 Å². The summed E-state index contributed by atoms with van der Waals surface area (Å²) in [5.74, 6) is 1.30. The van der Waals surface area contributed by atoms with Crippen molar-refractivity contribution < 1.29 is 9.47 Å². The second-order valence-electron chi connectivity index (χ2n) is 3.66. The number of rotatable bonds is 6. The Morgan fingerprint density at radius 2 is 2.00 bits per heavy atom. The monoisotopic (exact) mass is 284 g/mol. The van der Waals surface area contributed by atoms with Gasteiger partial charge in [-0.25, -0.2) is 0 Å². The molecule has 0 saturated carbocycles. The zero-order valence-electron chi connectivity index (χ0n) is 9.65. The summed E-state index contributed by atoms with van der Waals surface area (Å²) in [5, 5.41) is 0. The van der Waals surface area contributed by atoms with E-state index in [1.807, 2.05) is 29.3 Å². The van der Waals surface area contributed by atoms with Crippen molar-refractivity contribution in [2.75, 3.05) is 13.7 Å². The molecule has 0 aliphatic rings. The van der Waals surface area contributed by atoms with Gasteiger partial charge in [-0.1, -0.05) is 41.1 Å². The number of methoxy groups -OCH3 is 1. The molecule has 0 N–H and O–H groups in total. The van der Waals surface area contributed by atoms with Crippen molar-refractivity contribution in [1.29, 1.82) is 0 Å². The highest BCUT2D eigenvalue weighted by atomic mass is 79.9. The predicted molar refractivity (Wildman–Crippen MR) is 69.9 cm³/mol. The van der Waals surface area contributed by atoms with Gasteiger partial charge >= 0.3 is 0 Å². The quantitative estimate of drug-likeness (QED) is 0.792. The van der Waals surface area contributed by atoms with E-state index in [1.165, 1.54) is 0 Å². The van der Waals surface area contributed by atoms with Gasteiger partial charge in [0, 0.05) is 0 Å². The van der Waals surface area contributed by atoms with Crippen molar-refractivity contribution in [1.82, 2.24) is 0 Å². The fourth-order valence-electron chi connectivity index (χ4n) is 1.26. The molecule has 2 nitrogen and oxygen atoms in total.